The number of nitrogens with zero attached hydrogens (tertiary/aromatic N) is 3. The average Bonchev–Trinajstić information content (AvgIpc) is 2.89. The standard InChI is InChI=1S/C11H16N4OS/c1-2-4-9-8(3-1)6-17-11(14-9)12-5-10-13-7-16-15-10/h7-9H,1-6H2,(H,12,14). The van der Waals surface area contributed by atoms with E-state index in [1.807, 2.05) is 11.8 Å². The summed E-state index contributed by atoms with van der Waals surface area (Å²) in [6.45, 7) is 0.503. The molecule has 5 nitrogen and oxygen atoms in total. The maximum Gasteiger partial charge on any atom is 0.213 e. The van der Waals surface area contributed by atoms with Crippen LogP contribution in [0.3, 0.4) is 0 Å². The van der Waals surface area contributed by atoms with E-state index in [0.29, 0.717) is 18.4 Å². The van der Waals surface area contributed by atoms with Crippen LogP contribution in [0.2, 0.25) is 0 Å². The van der Waals surface area contributed by atoms with Crippen molar-refractivity contribution in [2.24, 2.45) is 10.9 Å². The van der Waals surface area contributed by atoms with Gasteiger partial charge in [0, 0.05) is 11.8 Å². The van der Waals surface area contributed by atoms with E-state index in [9.17, 15) is 0 Å². The molecule has 1 saturated carbocycles. The fourth-order valence-electron chi connectivity index (χ4n) is 2.48. The van der Waals surface area contributed by atoms with E-state index in [2.05, 4.69) is 25.0 Å². The Morgan fingerprint density at radius 3 is 3.29 bits per heavy atom. The molecule has 1 aliphatic heterocycles. The summed E-state index contributed by atoms with van der Waals surface area (Å²) in [6.07, 6.45) is 6.72. The van der Waals surface area contributed by atoms with E-state index in [-0.39, 0.29) is 0 Å². The Hall–Kier alpha value is -1.04. The molecule has 2 aliphatic rings. The molecular weight excluding hydrogens is 236 g/mol. The molecule has 2 heterocycles. The molecule has 0 spiro atoms. The zero-order chi connectivity index (χ0) is 11.5. The number of rotatable bonds is 2. The first-order valence-electron chi connectivity index (χ1n) is 6.11. The second-order valence-electron chi connectivity index (χ2n) is 4.58. The number of amidine groups is 1. The van der Waals surface area contributed by atoms with Crippen LogP contribution in [-0.4, -0.2) is 27.1 Å². The Morgan fingerprint density at radius 2 is 2.41 bits per heavy atom. The molecule has 1 aromatic rings. The zero-order valence-corrected chi connectivity index (χ0v) is 10.4. The molecule has 0 aromatic carbocycles. The highest BCUT2D eigenvalue weighted by Crippen LogP contribution is 2.31. The minimum absolute atomic E-state index is 0.503. The first kappa shape index (κ1) is 11.1. The lowest BCUT2D eigenvalue weighted by Crippen LogP contribution is -2.46. The second kappa shape index (κ2) is 5.08. The summed E-state index contributed by atoms with van der Waals surface area (Å²) in [5.74, 6) is 2.67. The molecule has 2 fully saturated rings. The third kappa shape index (κ3) is 2.62. The topological polar surface area (TPSA) is 63.3 Å². The van der Waals surface area contributed by atoms with Gasteiger partial charge in [-0.05, 0) is 18.8 Å². The molecule has 1 saturated heterocycles. The van der Waals surface area contributed by atoms with Gasteiger partial charge in [0.25, 0.3) is 0 Å². The summed E-state index contributed by atoms with van der Waals surface area (Å²) in [5, 5.41) is 8.34. The van der Waals surface area contributed by atoms with Crippen LogP contribution in [-0.2, 0) is 6.54 Å². The van der Waals surface area contributed by atoms with Crippen LogP contribution in [0.1, 0.15) is 31.5 Å². The monoisotopic (exact) mass is 252 g/mol. The van der Waals surface area contributed by atoms with Gasteiger partial charge >= 0.3 is 0 Å². The summed E-state index contributed by atoms with van der Waals surface area (Å²) in [7, 11) is 0. The highest BCUT2D eigenvalue weighted by atomic mass is 32.2. The Balaban J connectivity index is 1.59. The van der Waals surface area contributed by atoms with Gasteiger partial charge in [-0.2, -0.15) is 4.98 Å². The van der Waals surface area contributed by atoms with Gasteiger partial charge < -0.3 is 9.84 Å². The lowest BCUT2D eigenvalue weighted by atomic mass is 9.86. The molecule has 2 unspecified atom stereocenters. The van der Waals surface area contributed by atoms with Gasteiger partial charge in [0.05, 0.1) is 0 Å². The second-order valence-corrected chi connectivity index (χ2v) is 5.58. The molecule has 0 bridgehead atoms. The smallest absolute Gasteiger partial charge is 0.213 e. The number of fused-ring (bicyclic) bond motifs is 1. The Morgan fingerprint density at radius 1 is 1.47 bits per heavy atom. The van der Waals surface area contributed by atoms with Crippen LogP contribution < -0.4 is 5.32 Å². The van der Waals surface area contributed by atoms with Crippen molar-refractivity contribution in [3.8, 4) is 0 Å². The molecule has 1 aromatic heterocycles. The Kier molecular flexibility index (Phi) is 3.31. The predicted molar refractivity (Wildman–Crippen MR) is 66.8 cm³/mol. The third-order valence-electron chi connectivity index (χ3n) is 3.42. The summed E-state index contributed by atoms with van der Waals surface area (Å²) < 4.78 is 4.68. The highest BCUT2D eigenvalue weighted by molar-refractivity contribution is 8.13. The molecule has 92 valence electrons. The summed E-state index contributed by atoms with van der Waals surface area (Å²) >= 11 is 1.82. The van der Waals surface area contributed by atoms with Crippen molar-refractivity contribution in [3.63, 3.8) is 0 Å². The molecule has 0 amide bonds. The van der Waals surface area contributed by atoms with Gasteiger partial charge in [0.15, 0.2) is 11.0 Å². The van der Waals surface area contributed by atoms with E-state index in [0.717, 1.165) is 11.1 Å². The lowest BCUT2D eigenvalue weighted by Gasteiger charge is -2.36. The van der Waals surface area contributed by atoms with Gasteiger partial charge in [0.1, 0.15) is 6.54 Å². The highest BCUT2D eigenvalue weighted by Gasteiger charge is 2.30. The van der Waals surface area contributed by atoms with Crippen LogP contribution in [0.15, 0.2) is 15.9 Å². The van der Waals surface area contributed by atoms with E-state index in [4.69, 9.17) is 0 Å². The van der Waals surface area contributed by atoms with Crippen LogP contribution in [0, 0.1) is 5.92 Å². The van der Waals surface area contributed by atoms with Gasteiger partial charge in [-0.3, -0.25) is 4.99 Å². The fourth-order valence-corrected chi connectivity index (χ4v) is 3.64. The molecular formula is C11H16N4OS. The lowest BCUT2D eigenvalue weighted by molar-refractivity contribution is 0.311. The summed E-state index contributed by atoms with van der Waals surface area (Å²) in [4.78, 5) is 8.46. The van der Waals surface area contributed by atoms with Crippen molar-refractivity contribution >= 4 is 16.9 Å². The molecule has 17 heavy (non-hydrogen) atoms. The average molecular weight is 252 g/mol. The SMILES string of the molecule is c1nc(CN=C2NC3CCCCC3CS2)no1. The molecule has 1 aliphatic carbocycles. The van der Waals surface area contributed by atoms with Gasteiger partial charge in [0.2, 0.25) is 6.39 Å². The predicted octanol–water partition coefficient (Wildman–Crippen LogP) is 1.82. The van der Waals surface area contributed by atoms with Gasteiger partial charge in [-0.1, -0.05) is 29.8 Å². The van der Waals surface area contributed by atoms with Gasteiger partial charge in [-0.25, -0.2) is 0 Å². The normalized spacial score (nSPS) is 30.9. The quantitative estimate of drug-likeness (QED) is 0.870. The van der Waals surface area contributed by atoms with Crippen molar-refractivity contribution in [2.45, 2.75) is 38.3 Å². The third-order valence-corrected chi connectivity index (χ3v) is 4.54. The van der Waals surface area contributed by atoms with E-state index >= 15 is 0 Å². The van der Waals surface area contributed by atoms with Crippen molar-refractivity contribution in [1.29, 1.82) is 0 Å². The maximum absolute atomic E-state index is 4.68. The van der Waals surface area contributed by atoms with Crippen LogP contribution in [0.25, 0.3) is 0 Å². The fraction of sp³-hybridized carbons (Fsp3) is 0.727. The van der Waals surface area contributed by atoms with E-state index in [1.165, 1.54) is 37.8 Å². The van der Waals surface area contributed by atoms with Crippen LogP contribution in [0.5, 0.6) is 0 Å². The maximum atomic E-state index is 4.68. The number of hydrogen-bond donors (Lipinski definition) is 1. The Bertz CT molecular complexity index is 392. The van der Waals surface area contributed by atoms with Crippen molar-refractivity contribution in [2.75, 3.05) is 5.75 Å². The van der Waals surface area contributed by atoms with Crippen LogP contribution >= 0.6 is 11.8 Å². The number of thioether (sulfide) groups is 1. The number of hydrogen-bond acceptors (Lipinski definition) is 5. The van der Waals surface area contributed by atoms with Gasteiger partial charge in [-0.15, -0.1) is 0 Å². The zero-order valence-electron chi connectivity index (χ0n) is 9.63. The molecule has 6 heteroatoms. The van der Waals surface area contributed by atoms with Crippen molar-refractivity contribution in [3.05, 3.63) is 12.2 Å². The minimum atomic E-state index is 0.503. The number of nitrogens with one attached hydrogen (secondary N) is 1. The first-order chi connectivity index (χ1) is 8.42. The van der Waals surface area contributed by atoms with Crippen LogP contribution in [0.4, 0.5) is 0 Å². The van der Waals surface area contributed by atoms with Crippen molar-refractivity contribution in [1.82, 2.24) is 15.5 Å². The van der Waals surface area contributed by atoms with Crippen molar-refractivity contribution < 1.29 is 4.52 Å². The molecule has 1 N–H and O–H groups in total. The molecule has 2 atom stereocenters. The molecule has 0 radical (unpaired) electrons. The Labute approximate surface area is 104 Å². The van der Waals surface area contributed by atoms with E-state index in [1.54, 1.807) is 0 Å². The summed E-state index contributed by atoms with van der Waals surface area (Å²) in [6, 6.07) is 0.633. The minimum Gasteiger partial charge on any atom is -0.362 e. The van der Waals surface area contributed by atoms with E-state index < -0.39 is 0 Å². The molecule has 3 rings (SSSR count). The largest absolute Gasteiger partial charge is 0.362 e. The number of aliphatic imine (C=N–C) groups is 1. The first-order valence-corrected chi connectivity index (χ1v) is 7.09. The number of aromatic nitrogens is 2. The summed E-state index contributed by atoms with van der Waals surface area (Å²) in [5.41, 5.74) is 0.